The van der Waals surface area contributed by atoms with Gasteiger partial charge in [0, 0.05) is 27.9 Å². The number of benzene rings is 7. The van der Waals surface area contributed by atoms with E-state index in [1.807, 2.05) is 0 Å². The van der Waals surface area contributed by atoms with Gasteiger partial charge in [-0.25, -0.2) is 0 Å². The van der Waals surface area contributed by atoms with Gasteiger partial charge in [0.25, 0.3) is 0 Å². The highest BCUT2D eigenvalue weighted by atomic mass is 15.1. The van der Waals surface area contributed by atoms with Crippen molar-refractivity contribution in [2.45, 2.75) is 62.2 Å². The molecule has 7 aromatic rings. The van der Waals surface area contributed by atoms with Gasteiger partial charge in [-0.1, -0.05) is 141 Å². The molecule has 0 heterocycles. The van der Waals surface area contributed by atoms with Crippen molar-refractivity contribution in [2.24, 2.45) is 23.7 Å². The van der Waals surface area contributed by atoms with E-state index in [2.05, 4.69) is 183 Å². The van der Waals surface area contributed by atoms with Crippen LogP contribution >= 0.6 is 0 Å². The molecule has 0 N–H and O–H groups in total. The minimum atomic E-state index is -0.418. The second kappa shape index (κ2) is 11.3. The van der Waals surface area contributed by atoms with Crippen molar-refractivity contribution in [2.75, 3.05) is 4.90 Å². The first-order valence-corrected chi connectivity index (χ1v) is 21.5. The Kier molecular flexibility index (Phi) is 6.40. The van der Waals surface area contributed by atoms with Gasteiger partial charge in [-0.3, -0.25) is 0 Å². The van der Waals surface area contributed by atoms with Crippen LogP contribution in [0.2, 0.25) is 0 Å². The fourth-order valence-corrected chi connectivity index (χ4v) is 14.1. The first kappa shape index (κ1) is 32.4. The Balaban J connectivity index is 1.11. The van der Waals surface area contributed by atoms with Crippen LogP contribution in [0.5, 0.6) is 0 Å². The summed E-state index contributed by atoms with van der Waals surface area (Å²) in [5.74, 6) is 3.27. The van der Waals surface area contributed by atoms with E-state index in [1.165, 1.54) is 105 Å². The number of fused-ring (bicyclic) bond motifs is 17. The van der Waals surface area contributed by atoms with Gasteiger partial charge in [0.2, 0.25) is 0 Å². The number of anilines is 3. The number of rotatable bonds is 3. The molecule has 2 spiro atoms. The van der Waals surface area contributed by atoms with E-state index in [1.54, 1.807) is 11.1 Å². The molecule has 0 amide bonds. The van der Waals surface area contributed by atoms with E-state index in [-0.39, 0.29) is 10.8 Å². The lowest BCUT2D eigenvalue weighted by Gasteiger charge is -2.57. The third-order valence-electron chi connectivity index (χ3n) is 16.2. The quantitative estimate of drug-likeness (QED) is 0.175. The molecule has 1 heteroatoms. The molecule has 57 heavy (non-hydrogen) atoms. The highest BCUT2D eigenvalue weighted by Gasteiger charge is 2.62. The molecule has 6 aliphatic rings. The first-order chi connectivity index (χ1) is 28.0. The molecule has 6 aliphatic carbocycles. The second-order valence-electron chi connectivity index (χ2n) is 18.9. The molecule has 0 aromatic heterocycles. The van der Waals surface area contributed by atoms with Gasteiger partial charge >= 0.3 is 0 Å². The normalized spacial score (nSPS) is 25.4. The van der Waals surface area contributed by atoms with E-state index in [9.17, 15) is 0 Å². The summed E-state index contributed by atoms with van der Waals surface area (Å²) >= 11 is 0. The minimum absolute atomic E-state index is 0.0134. The molecule has 0 saturated heterocycles. The third kappa shape index (κ3) is 4.01. The maximum Gasteiger partial charge on any atom is 0.0720 e. The van der Waals surface area contributed by atoms with E-state index in [4.69, 9.17) is 0 Å². The maximum absolute atomic E-state index is 2.66. The molecule has 3 saturated carbocycles. The van der Waals surface area contributed by atoms with Crippen LogP contribution in [0, 0.1) is 23.7 Å². The lowest BCUT2D eigenvalue weighted by Crippen LogP contribution is -2.51. The SMILES string of the molecule is CC1(C)c2ccccc2-c2ccc(N(c3ccccc3)c3ccc4c(c3)C3(c5ccccc5-c5ccccc53)c3ccccc3C43CC4C[C@H]5C[C@@H]4C[C@H]3C5)cc21. The predicted octanol–water partition coefficient (Wildman–Crippen LogP) is 13.9. The summed E-state index contributed by atoms with van der Waals surface area (Å²) in [5, 5.41) is 0. The monoisotopic (exact) mass is 733 g/mol. The summed E-state index contributed by atoms with van der Waals surface area (Å²) in [7, 11) is 0. The third-order valence-corrected chi connectivity index (χ3v) is 16.2. The molecule has 276 valence electrons. The van der Waals surface area contributed by atoms with Crippen molar-refractivity contribution >= 4 is 17.1 Å². The molecule has 3 fully saturated rings. The Morgan fingerprint density at radius 3 is 1.65 bits per heavy atom. The summed E-state index contributed by atoms with van der Waals surface area (Å²) in [6.45, 7) is 4.79. The Labute approximate surface area is 337 Å². The zero-order chi connectivity index (χ0) is 37.7. The average Bonchev–Trinajstić information content (AvgIpc) is 3.77. The van der Waals surface area contributed by atoms with Crippen LogP contribution in [-0.2, 0) is 16.2 Å². The Morgan fingerprint density at radius 1 is 0.404 bits per heavy atom. The van der Waals surface area contributed by atoms with Gasteiger partial charge in [0.15, 0.2) is 0 Å². The van der Waals surface area contributed by atoms with Crippen LogP contribution in [0.3, 0.4) is 0 Å². The second-order valence-corrected chi connectivity index (χ2v) is 18.9. The summed E-state index contributed by atoms with van der Waals surface area (Å²) in [4.78, 5) is 2.54. The molecule has 7 aromatic carbocycles. The number of nitrogens with zero attached hydrogens (tertiary/aromatic N) is 1. The zero-order valence-corrected chi connectivity index (χ0v) is 32.9. The van der Waals surface area contributed by atoms with Crippen LogP contribution < -0.4 is 4.90 Å². The predicted molar refractivity (Wildman–Crippen MR) is 234 cm³/mol. The maximum atomic E-state index is 2.66. The van der Waals surface area contributed by atoms with Crippen molar-refractivity contribution in [1.29, 1.82) is 0 Å². The number of hydrogen-bond acceptors (Lipinski definition) is 1. The van der Waals surface area contributed by atoms with Crippen LogP contribution in [0.15, 0.2) is 164 Å². The van der Waals surface area contributed by atoms with Crippen molar-refractivity contribution < 1.29 is 0 Å². The van der Waals surface area contributed by atoms with Crippen molar-refractivity contribution in [3.63, 3.8) is 0 Å². The standard InChI is InChI=1S/C56H47N/c1-54(2)46-19-9-6-16-42(46)45-26-24-40(32-52(45)54)57(39-14-4-3-5-15-39)41-25-27-50-53(33-41)56(47-20-10-7-17-43(47)44-18-8-11-21-48(44)56)51-23-13-12-22-49(51)55(50)34-37-29-35-28-36(37)31-38(55)30-35/h3-27,32-33,35-38H,28-31,34H2,1-2H3/t35-,36-,37?,38-,55?/m1/s1. The van der Waals surface area contributed by atoms with E-state index >= 15 is 0 Å². The van der Waals surface area contributed by atoms with Crippen LogP contribution in [0.4, 0.5) is 17.1 Å². The Bertz CT molecular complexity index is 2760. The fourth-order valence-electron chi connectivity index (χ4n) is 14.1. The first-order valence-electron chi connectivity index (χ1n) is 21.5. The van der Waals surface area contributed by atoms with Crippen LogP contribution in [0.25, 0.3) is 22.3 Å². The zero-order valence-electron chi connectivity index (χ0n) is 32.9. The molecule has 1 nitrogen and oxygen atoms in total. The largest absolute Gasteiger partial charge is 0.310 e. The summed E-state index contributed by atoms with van der Waals surface area (Å²) < 4.78 is 0. The van der Waals surface area contributed by atoms with E-state index in [0.29, 0.717) is 5.92 Å². The van der Waals surface area contributed by atoms with Crippen molar-refractivity contribution in [3.05, 3.63) is 208 Å². The molecule has 13 rings (SSSR count). The van der Waals surface area contributed by atoms with Crippen LogP contribution in [0.1, 0.15) is 90.5 Å². The molecular formula is C56H47N. The Hall–Kier alpha value is -5.66. The van der Waals surface area contributed by atoms with Crippen molar-refractivity contribution in [3.8, 4) is 22.3 Å². The molecular weight excluding hydrogens is 687 g/mol. The van der Waals surface area contributed by atoms with Crippen molar-refractivity contribution in [1.82, 2.24) is 0 Å². The van der Waals surface area contributed by atoms with Gasteiger partial charge in [0.1, 0.15) is 0 Å². The van der Waals surface area contributed by atoms with Gasteiger partial charge in [0.05, 0.1) is 5.41 Å². The lowest BCUT2D eigenvalue weighted by atomic mass is 9.46. The smallest absolute Gasteiger partial charge is 0.0720 e. The molecule has 5 atom stereocenters. The highest BCUT2D eigenvalue weighted by molar-refractivity contribution is 5.90. The number of hydrogen-bond donors (Lipinski definition) is 0. The summed E-state index contributed by atoms with van der Waals surface area (Å²) in [6, 6.07) is 63.6. The van der Waals surface area contributed by atoms with Gasteiger partial charge in [-0.2, -0.15) is 0 Å². The van der Waals surface area contributed by atoms with Gasteiger partial charge in [-0.05, 0) is 159 Å². The van der Waals surface area contributed by atoms with E-state index in [0.717, 1.165) is 17.8 Å². The molecule has 0 radical (unpaired) electrons. The molecule has 3 bridgehead atoms. The fraction of sp³-hybridized carbons (Fsp3) is 0.250. The highest BCUT2D eigenvalue weighted by Crippen LogP contribution is 2.70. The summed E-state index contributed by atoms with van der Waals surface area (Å²) in [6.07, 6.45) is 6.91. The number of para-hydroxylation sites is 1. The molecule has 0 aliphatic heterocycles. The van der Waals surface area contributed by atoms with E-state index < -0.39 is 5.41 Å². The lowest BCUT2D eigenvalue weighted by molar-refractivity contribution is 0.0990. The van der Waals surface area contributed by atoms with Crippen LogP contribution in [-0.4, -0.2) is 0 Å². The minimum Gasteiger partial charge on any atom is -0.310 e. The molecule has 2 unspecified atom stereocenters. The van der Waals surface area contributed by atoms with Gasteiger partial charge < -0.3 is 4.90 Å². The van der Waals surface area contributed by atoms with Gasteiger partial charge in [-0.15, -0.1) is 0 Å². The summed E-state index contributed by atoms with van der Waals surface area (Å²) in [5.41, 5.74) is 20.5. The average molecular weight is 734 g/mol. The Morgan fingerprint density at radius 2 is 0.930 bits per heavy atom. The topological polar surface area (TPSA) is 3.24 Å².